The number of likely N-dealkylation sites (tertiary alicyclic amines) is 1. The molecular weight excluding hydrogens is 478 g/mol. The summed E-state index contributed by atoms with van der Waals surface area (Å²) in [6, 6.07) is 15.4. The van der Waals surface area contributed by atoms with Crippen molar-refractivity contribution in [2.75, 3.05) is 19.3 Å². The highest BCUT2D eigenvalue weighted by Gasteiger charge is 2.27. The number of rotatable bonds is 8. The van der Waals surface area contributed by atoms with Gasteiger partial charge < -0.3 is 15.0 Å². The summed E-state index contributed by atoms with van der Waals surface area (Å²) < 4.78 is 5.66. The van der Waals surface area contributed by atoms with E-state index >= 15 is 0 Å². The number of carbonyl (C=O) groups is 2. The summed E-state index contributed by atoms with van der Waals surface area (Å²) in [4.78, 5) is 33.3. The number of hydrogen-bond acceptors (Lipinski definition) is 6. The van der Waals surface area contributed by atoms with Crippen LogP contribution in [-0.4, -0.2) is 47.1 Å². The Labute approximate surface area is 215 Å². The minimum Gasteiger partial charge on any atom is -0.491 e. The van der Waals surface area contributed by atoms with Gasteiger partial charge in [-0.05, 0) is 68.8 Å². The van der Waals surface area contributed by atoms with Crippen molar-refractivity contribution < 1.29 is 14.3 Å². The maximum absolute atomic E-state index is 12.9. The molecule has 0 unspecified atom stereocenters. The highest BCUT2D eigenvalue weighted by Crippen LogP contribution is 2.31. The first kappa shape index (κ1) is 25.3. The van der Waals surface area contributed by atoms with Gasteiger partial charge in [0, 0.05) is 41.4 Å². The fourth-order valence-corrected chi connectivity index (χ4v) is 5.74. The van der Waals surface area contributed by atoms with E-state index in [4.69, 9.17) is 4.74 Å². The monoisotopic (exact) mass is 509 g/mol. The molecule has 0 saturated carbocycles. The van der Waals surface area contributed by atoms with Crippen molar-refractivity contribution in [3.8, 4) is 5.75 Å². The lowest BCUT2D eigenvalue weighted by atomic mass is 9.97. The number of aromatic nitrogens is 1. The molecule has 0 atom stereocenters. The minimum atomic E-state index is -0.152. The van der Waals surface area contributed by atoms with Crippen LogP contribution in [-0.2, 0) is 6.54 Å². The normalized spacial score (nSPS) is 14.2. The summed E-state index contributed by atoms with van der Waals surface area (Å²) >= 11 is 3.20. The molecule has 1 aromatic heterocycles. The Morgan fingerprint density at radius 3 is 2.54 bits per heavy atom. The number of carbonyl (C=O) groups excluding carboxylic acids is 2. The number of hydrogen-bond donors (Lipinski definition) is 1. The third-order valence-corrected chi connectivity index (χ3v) is 7.84. The second kappa shape index (κ2) is 11.7. The third-order valence-electron chi connectivity index (χ3n) is 5.99. The summed E-state index contributed by atoms with van der Waals surface area (Å²) in [5.41, 5.74) is 2.24. The predicted molar refractivity (Wildman–Crippen MR) is 142 cm³/mol. The lowest BCUT2D eigenvalue weighted by Gasteiger charge is -2.31. The molecular formula is C27H31N3O3S2. The molecule has 1 aliphatic heterocycles. The van der Waals surface area contributed by atoms with E-state index in [0.29, 0.717) is 30.9 Å². The molecule has 0 radical (unpaired) electrons. The van der Waals surface area contributed by atoms with Crippen molar-refractivity contribution in [2.24, 2.45) is 0 Å². The molecule has 6 nitrogen and oxygen atoms in total. The zero-order valence-corrected chi connectivity index (χ0v) is 22.0. The predicted octanol–water partition coefficient (Wildman–Crippen LogP) is 5.60. The fraction of sp³-hybridized carbons (Fsp3) is 0.370. The quantitative estimate of drug-likeness (QED) is 0.400. The summed E-state index contributed by atoms with van der Waals surface area (Å²) in [5.74, 6) is 0.933. The molecule has 1 fully saturated rings. The molecule has 3 aromatic rings. The van der Waals surface area contributed by atoms with E-state index in [2.05, 4.69) is 16.4 Å². The second-order valence-electron chi connectivity index (χ2n) is 8.82. The Kier molecular flexibility index (Phi) is 8.46. The van der Waals surface area contributed by atoms with E-state index in [0.717, 1.165) is 34.1 Å². The molecule has 2 aromatic carbocycles. The molecule has 0 spiro atoms. The van der Waals surface area contributed by atoms with Gasteiger partial charge in [-0.2, -0.15) is 0 Å². The third kappa shape index (κ3) is 6.44. The topological polar surface area (TPSA) is 71.5 Å². The molecule has 4 rings (SSSR count). The molecule has 1 N–H and O–H groups in total. The summed E-state index contributed by atoms with van der Waals surface area (Å²) in [7, 11) is 0. The summed E-state index contributed by atoms with van der Waals surface area (Å²) in [6.45, 7) is 5.80. The van der Waals surface area contributed by atoms with Crippen LogP contribution in [0.5, 0.6) is 5.75 Å². The van der Waals surface area contributed by atoms with Gasteiger partial charge >= 0.3 is 0 Å². The van der Waals surface area contributed by atoms with E-state index in [9.17, 15) is 9.59 Å². The lowest BCUT2D eigenvalue weighted by Crippen LogP contribution is -2.37. The Morgan fingerprint density at radius 1 is 1.14 bits per heavy atom. The molecule has 35 heavy (non-hydrogen) atoms. The van der Waals surface area contributed by atoms with Crippen molar-refractivity contribution in [2.45, 2.75) is 50.2 Å². The highest BCUT2D eigenvalue weighted by atomic mass is 32.2. The number of ether oxygens (including phenoxy) is 1. The van der Waals surface area contributed by atoms with Gasteiger partial charge in [-0.1, -0.05) is 18.2 Å². The van der Waals surface area contributed by atoms with Crippen LogP contribution in [0.15, 0.2) is 58.8 Å². The van der Waals surface area contributed by atoms with Crippen molar-refractivity contribution >= 4 is 34.9 Å². The van der Waals surface area contributed by atoms with E-state index in [1.54, 1.807) is 11.8 Å². The number of thiazole rings is 1. The molecule has 0 aliphatic carbocycles. The number of nitrogens with zero attached hydrogens (tertiary/aromatic N) is 2. The Bertz CT molecular complexity index is 1150. The molecule has 2 heterocycles. The van der Waals surface area contributed by atoms with Gasteiger partial charge in [0.25, 0.3) is 11.8 Å². The van der Waals surface area contributed by atoms with Crippen molar-refractivity contribution in [1.82, 2.24) is 15.2 Å². The van der Waals surface area contributed by atoms with E-state index < -0.39 is 0 Å². The maximum Gasteiger partial charge on any atom is 0.271 e. The van der Waals surface area contributed by atoms with Crippen LogP contribution in [0.4, 0.5) is 0 Å². The van der Waals surface area contributed by atoms with Crippen molar-refractivity contribution in [3.63, 3.8) is 0 Å². The Morgan fingerprint density at radius 2 is 1.86 bits per heavy atom. The zero-order valence-electron chi connectivity index (χ0n) is 20.3. The molecule has 8 heteroatoms. The van der Waals surface area contributed by atoms with Crippen LogP contribution in [0, 0.1) is 0 Å². The van der Waals surface area contributed by atoms with Gasteiger partial charge in [-0.25, -0.2) is 4.98 Å². The first-order chi connectivity index (χ1) is 16.9. The minimum absolute atomic E-state index is 0.0456. The average Bonchev–Trinajstić information content (AvgIpc) is 3.38. The van der Waals surface area contributed by atoms with E-state index in [-0.39, 0.29) is 23.8 Å². The van der Waals surface area contributed by atoms with Gasteiger partial charge in [0.2, 0.25) is 0 Å². The van der Waals surface area contributed by atoms with Crippen molar-refractivity contribution in [3.05, 3.63) is 75.7 Å². The van der Waals surface area contributed by atoms with Gasteiger partial charge in [0.1, 0.15) is 11.4 Å². The Balaban J connectivity index is 1.29. The fourth-order valence-electron chi connectivity index (χ4n) is 4.15. The first-order valence-electron chi connectivity index (χ1n) is 11.9. The number of nitrogens with one attached hydrogen (secondary N) is 1. The van der Waals surface area contributed by atoms with Gasteiger partial charge in [0.05, 0.1) is 11.1 Å². The maximum atomic E-state index is 12.9. The smallest absolute Gasteiger partial charge is 0.271 e. The van der Waals surface area contributed by atoms with Gasteiger partial charge in [-0.3, -0.25) is 9.59 Å². The molecule has 1 aliphatic rings. The van der Waals surface area contributed by atoms with Crippen LogP contribution >= 0.6 is 23.1 Å². The van der Waals surface area contributed by atoms with Crippen LogP contribution in [0.2, 0.25) is 0 Å². The molecule has 1 saturated heterocycles. The molecule has 184 valence electrons. The second-order valence-corrected chi connectivity index (χ2v) is 10.6. The lowest BCUT2D eigenvalue weighted by molar-refractivity contribution is 0.0713. The molecule has 2 amide bonds. The van der Waals surface area contributed by atoms with Crippen LogP contribution in [0.1, 0.15) is 64.0 Å². The van der Waals surface area contributed by atoms with E-state index in [1.165, 1.54) is 11.3 Å². The number of amides is 2. The summed E-state index contributed by atoms with van der Waals surface area (Å²) in [6.07, 6.45) is 3.82. The Hall–Kier alpha value is -2.84. The SMILES string of the molecule is CSc1ccccc1CNC(=O)c1csc(C2CCN(C(=O)c3ccc(OC(C)C)cc3)CC2)n1. The van der Waals surface area contributed by atoms with Gasteiger partial charge in [-0.15, -0.1) is 23.1 Å². The largest absolute Gasteiger partial charge is 0.491 e. The number of piperidine rings is 1. The van der Waals surface area contributed by atoms with Crippen LogP contribution in [0.25, 0.3) is 0 Å². The van der Waals surface area contributed by atoms with Gasteiger partial charge in [0.15, 0.2) is 0 Å². The highest BCUT2D eigenvalue weighted by molar-refractivity contribution is 7.98. The zero-order chi connectivity index (χ0) is 24.8. The summed E-state index contributed by atoms with van der Waals surface area (Å²) in [5, 5.41) is 5.80. The van der Waals surface area contributed by atoms with Crippen molar-refractivity contribution in [1.29, 1.82) is 0 Å². The molecule has 0 bridgehead atoms. The number of benzene rings is 2. The van der Waals surface area contributed by atoms with E-state index in [1.807, 2.05) is 72.8 Å². The average molecular weight is 510 g/mol. The van der Waals surface area contributed by atoms with Crippen LogP contribution in [0.3, 0.4) is 0 Å². The number of thioether (sulfide) groups is 1. The van der Waals surface area contributed by atoms with Crippen LogP contribution < -0.4 is 10.1 Å². The standard InChI is InChI=1S/C27H31N3O3S2/c1-18(2)33-22-10-8-20(9-11-22)27(32)30-14-12-19(13-15-30)26-29-23(17-35-26)25(31)28-16-21-6-4-5-7-24(21)34-3/h4-11,17-19H,12-16H2,1-3H3,(H,28,31). The first-order valence-corrected chi connectivity index (χ1v) is 14.0.